The van der Waals surface area contributed by atoms with Gasteiger partial charge in [-0.25, -0.2) is 0 Å². The Labute approximate surface area is 40.9 Å². The topological polar surface area (TPSA) is 0 Å². The van der Waals surface area contributed by atoms with Crippen LogP contribution in [0.3, 0.4) is 0 Å². The van der Waals surface area contributed by atoms with Crippen molar-refractivity contribution in [3.63, 3.8) is 0 Å². The second-order valence-corrected chi connectivity index (χ2v) is 1.08. The summed E-state index contributed by atoms with van der Waals surface area (Å²) in [4.78, 5) is 0. The summed E-state index contributed by atoms with van der Waals surface area (Å²) in [5.74, 6) is 0. The summed E-state index contributed by atoms with van der Waals surface area (Å²) in [6, 6.07) is 0. The molecule has 0 atom stereocenters. The third-order valence-electron chi connectivity index (χ3n) is 0.493. The predicted octanol–water partition coefficient (Wildman–Crippen LogP) is 2.05. The van der Waals surface area contributed by atoms with E-state index in [0.29, 0.717) is 0 Å². The van der Waals surface area contributed by atoms with E-state index in [2.05, 4.69) is 13.5 Å². The van der Waals surface area contributed by atoms with E-state index in [0.717, 1.165) is 6.42 Å². The van der Waals surface area contributed by atoms with Crippen LogP contribution in [0.5, 0.6) is 0 Å². The number of unbranched alkanes of at least 4 members (excludes halogenated alkanes) is 1. The van der Waals surface area contributed by atoms with E-state index < -0.39 is 0 Å². The van der Waals surface area contributed by atoms with Crippen molar-refractivity contribution in [2.45, 2.75) is 19.8 Å². The zero-order valence-electron chi connectivity index (χ0n) is 4.20. The van der Waals surface area contributed by atoms with Gasteiger partial charge in [-0.2, -0.15) is 0 Å². The quantitative estimate of drug-likeness (QED) is 0.447. The lowest BCUT2D eigenvalue weighted by atomic mass is 10.3. The molecule has 0 nitrogen and oxygen atoms in total. The molecule has 0 aliphatic carbocycles. The van der Waals surface area contributed by atoms with E-state index in [4.69, 9.17) is 0 Å². The Hall–Kier alpha value is -0.260. The Bertz CT molecular complexity index is 21.2. The van der Waals surface area contributed by atoms with Crippen LogP contribution in [0.15, 0.2) is 12.7 Å². The van der Waals surface area contributed by atoms with Gasteiger partial charge in [0, 0.05) is 7.43 Å². The van der Waals surface area contributed by atoms with Crippen LogP contribution in [0.1, 0.15) is 19.8 Å². The Kier molecular flexibility index (Phi) is 13.6. The van der Waals surface area contributed by atoms with Crippen molar-refractivity contribution in [3.05, 3.63) is 20.1 Å². The molecule has 0 aromatic carbocycles. The summed E-state index contributed by atoms with van der Waals surface area (Å²) in [5.41, 5.74) is 0. The first-order chi connectivity index (χ1) is 2.41. The maximum Gasteiger partial charge on any atom is 0 e. The van der Waals surface area contributed by atoms with Crippen LogP contribution in [0, 0.1) is 7.43 Å². The van der Waals surface area contributed by atoms with Crippen LogP contribution in [-0.2, 0) is 0 Å². The van der Waals surface area contributed by atoms with E-state index in [9.17, 15) is 0 Å². The molecule has 0 unspecified atom stereocenters. The number of allylic oxidation sites excluding steroid dienone is 1. The summed E-state index contributed by atoms with van der Waals surface area (Å²) in [6.45, 7) is 5.69. The lowest BCUT2D eigenvalue weighted by Gasteiger charge is -1.72. The third kappa shape index (κ3) is 9.27. The molecule has 0 N–H and O–H groups in total. The first-order valence-electron chi connectivity index (χ1n) is 2.02. The maximum atomic E-state index is 3.55. The molecular weight excluding hydrogens is 72.1 g/mol. The Morgan fingerprint density at radius 2 is 2.17 bits per heavy atom. The molecule has 0 bridgehead atoms. The molecule has 0 rings (SSSR count). The Morgan fingerprint density at radius 1 is 1.67 bits per heavy atom. The molecule has 6 heavy (non-hydrogen) atoms. The van der Waals surface area contributed by atoms with Gasteiger partial charge in [0.1, 0.15) is 0 Å². The molecule has 0 saturated carbocycles. The van der Waals surface area contributed by atoms with E-state index >= 15 is 0 Å². The highest BCUT2D eigenvalue weighted by atomic mass is 13.7. The first kappa shape index (κ1) is 9.22. The highest BCUT2D eigenvalue weighted by Crippen LogP contribution is 1.82. The first-order valence-corrected chi connectivity index (χ1v) is 2.02. The maximum absolute atomic E-state index is 3.55. The van der Waals surface area contributed by atoms with Gasteiger partial charge in [0.2, 0.25) is 0 Å². The molecule has 0 amide bonds. The van der Waals surface area contributed by atoms with Crippen LogP contribution in [0.25, 0.3) is 0 Å². The van der Waals surface area contributed by atoms with Crippen molar-refractivity contribution in [1.29, 1.82) is 0 Å². The zero-order chi connectivity index (χ0) is 4.12. The summed E-state index contributed by atoms with van der Waals surface area (Å²) >= 11 is 0. The Balaban J connectivity index is 0. The van der Waals surface area contributed by atoms with Crippen LogP contribution >= 0.6 is 0 Å². The van der Waals surface area contributed by atoms with Gasteiger partial charge in [0.15, 0.2) is 0 Å². The molecule has 0 heteroatoms. The molecule has 0 aliphatic rings. The highest BCUT2D eigenvalue weighted by Gasteiger charge is 1.61. The van der Waals surface area contributed by atoms with Gasteiger partial charge in [0.25, 0.3) is 0 Å². The van der Waals surface area contributed by atoms with E-state index in [-0.39, 0.29) is 7.43 Å². The zero-order valence-corrected chi connectivity index (χ0v) is 4.20. The lowest BCUT2D eigenvalue weighted by molar-refractivity contribution is 0.961. The van der Waals surface area contributed by atoms with Gasteiger partial charge in [-0.05, 0) is 6.42 Å². The van der Waals surface area contributed by atoms with E-state index in [1.165, 1.54) is 6.42 Å². The molecule has 4 radical (unpaired) electrons. The lowest BCUT2D eigenvalue weighted by Crippen LogP contribution is -1.52. The summed E-state index contributed by atoms with van der Waals surface area (Å²) in [7, 11) is 0. The molecule has 0 aromatic heterocycles. The average Bonchev–Trinajstić information content (AvgIpc) is 1.41. The van der Waals surface area contributed by atoms with Crippen molar-refractivity contribution in [1.82, 2.24) is 0 Å². The summed E-state index contributed by atoms with van der Waals surface area (Å²) in [5, 5.41) is 0. The molecule has 0 spiro atoms. The fourth-order valence-electron chi connectivity index (χ4n) is 0.204. The van der Waals surface area contributed by atoms with Gasteiger partial charge in [0.05, 0.1) is 0 Å². The van der Waals surface area contributed by atoms with Crippen LogP contribution in [-0.4, -0.2) is 0 Å². The van der Waals surface area contributed by atoms with Crippen molar-refractivity contribution >= 4 is 0 Å². The monoisotopic (exact) mass is 82.1 g/mol. The number of hydrogen-bond acceptors (Lipinski definition) is 0. The fraction of sp³-hybridized carbons (Fsp3) is 0.500. The minimum atomic E-state index is 0. The second kappa shape index (κ2) is 8.83. The van der Waals surface area contributed by atoms with Gasteiger partial charge < -0.3 is 0 Å². The average molecular weight is 82.1 g/mol. The standard InChI is InChI=1S/C5H10.C/c1-3-5-4-2;/h3H,1,4-5H2,2H3;. The molecule has 0 saturated heterocycles. The predicted molar refractivity (Wildman–Crippen MR) is 28.3 cm³/mol. The fourth-order valence-corrected chi connectivity index (χ4v) is 0.204. The van der Waals surface area contributed by atoms with Gasteiger partial charge >= 0.3 is 0 Å². The van der Waals surface area contributed by atoms with Gasteiger partial charge in [-0.15, -0.1) is 6.58 Å². The molecular formula is C6H10. The SMILES string of the molecule is C=CCCC.[C]. The van der Waals surface area contributed by atoms with Crippen LogP contribution in [0.2, 0.25) is 0 Å². The van der Waals surface area contributed by atoms with Crippen LogP contribution < -0.4 is 0 Å². The minimum Gasteiger partial charge on any atom is -0.103 e. The van der Waals surface area contributed by atoms with E-state index in [1.807, 2.05) is 6.08 Å². The van der Waals surface area contributed by atoms with Crippen molar-refractivity contribution in [2.24, 2.45) is 0 Å². The molecule has 0 heterocycles. The van der Waals surface area contributed by atoms with Crippen molar-refractivity contribution < 1.29 is 0 Å². The molecule has 0 aromatic rings. The van der Waals surface area contributed by atoms with Gasteiger partial charge in [-0.1, -0.05) is 19.4 Å². The van der Waals surface area contributed by atoms with Crippen molar-refractivity contribution in [2.75, 3.05) is 0 Å². The molecule has 0 aliphatic heterocycles. The smallest absolute Gasteiger partial charge is 0 e. The number of hydrogen-bond donors (Lipinski definition) is 0. The van der Waals surface area contributed by atoms with Crippen LogP contribution in [0.4, 0.5) is 0 Å². The summed E-state index contributed by atoms with van der Waals surface area (Å²) in [6.07, 6.45) is 4.31. The van der Waals surface area contributed by atoms with Crippen molar-refractivity contribution in [3.8, 4) is 0 Å². The summed E-state index contributed by atoms with van der Waals surface area (Å²) < 4.78 is 0. The van der Waals surface area contributed by atoms with E-state index in [1.54, 1.807) is 0 Å². The Morgan fingerprint density at radius 3 is 2.17 bits per heavy atom. The molecule has 0 fully saturated rings. The minimum absolute atomic E-state index is 0. The largest absolute Gasteiger partial charge is 0.103 e. The third-order valence-corrected chi connectivity index (χ3v) is 0.493. The normalized spacial score (nSPS) is 6.17. The van der Waals surface area contributed by atoms with Gasteiger partial charge in [-0.3, -0.25) is 0 Å². The molecule has 34 valence electrons. The second-order valence-electron chi connectivity index (χ2n) is 1.08. The highest BCUT2D eigenvalue weighted by molar-refractivity contribution is 4.63. The number of rotatable bonds is 2.